The zero-order valence-corrected chi connectivity index (χ0v) is 14.6. The van der Waals surface area contributed by atoms with E-state index in [0.29, 0.717) is 30.3 Å². The van der Waals surface area contributed by atoms with Gasteiger partial charge in [-0.2, -0.15) is 0 Å². The number of hydrogen-bond donors (Lipinski definition) is 3. The van der Waals surface area contributed by atoms with Gasteiger partial charge in [-0.1, -0.05) is 0 Å². The van der Waals surface area contributed by atoms with Crippen molar-refractivity contribution in [2.75, 3.05) is 13.3 Å². The first-order valence-corrected chi connectivity index (χ1v) is 8.43. The molecule has 2 aromatic rings. The van der Waals surface area contributed by atoms with E-state index in [4.69, 9.17) is 14.6 Å². The molecule has 3 N–H and O–H groups in total. The number of rotatable bonds is 4. The number of aliphatic carboxylic acids is 2. The smallest absolute Gasteiger partial charge is 0.334 e. The van der Waals surface area contributed by atoms with Crippen molar-refractivity contribution in [1.29, 1.82) is 0 Å². The summed E-state index contributed by atoms with van der Waals surface area (Å²) in [6.07, 6.45) is 0.748. The average molecular weight is 370 g/mol. The van der Waals surface area contributed by atoms with E-state index in [1.54, 1.807) is 6.92 Å². The Bertz CT molecular complexity index is 977. The number of carboxylic acids is 2. The molecular weight excluding hydrogens is 352 g/mol. The Kier molecular flexibility index (Phi) is 3.92. The molecule has 1 unspecified atom stereocenters. The number of aromatic nitrogens is 1. The number of fused-ring (bicyclic) bond motifs is 2. The third kappa shape index (κ3) is 2.74. The third-order valence-electron chi connectivity index (χ3n) is 5.01. The Morgan fingerprint density at radius 3 is 2.70 bits per heavy atom. The van der Waals surface area contributed by atoms with Gasteiger partial charge in [0, 0.05) is 36.1 Å². The van der Waals surface area contributed by atoms with Crippen LogP contribution in [-0.4, -0.2) is 40.1 Å². The second kappa shape index (κ2) is 6.17. The van der Waals surface area contributed by atoms with E-state index in [1.807, 2.05) is 34.9 Å². The van der Waals surface area contributed by atoms with E-state index >= 15 is 0 Å². The molecule has 0 radical (unpaired) electrons. The molecule has 2 aliphatic heterocycles. The Hall–Kier alpha value is -3.26. The molecule has 2 aliphatic rings. The molecule has 1 atom stereocenters. The van der Waals surface area contributed by atoms with Gasteiger partial charge in [-0.25, -0.2) is 9.59 Å². The number of ether oxygens (including phenoxy) is 2. The standard InChI is InChI=1S/C19H18N2O6/c1-19(12(18(24)25)9-17(22)23)16-5-3-13(21(16)7-6-20-19)11-2-4-14-15(8-11)27-10-26-14/h2-5,8-9,20H,6-7,10H2,1H3,(H,22,23)(H,24,25). The van der Waals surface area contributed by atoms with Gasteiger partial charge in [0.05, 0.1) is 11.1 Å². The second-order valence-corrected chi connectivity index (χ2v) is 6.58. The quantitative estimate of drug-likeness (QED) is 0.704. The van der Waals surface area contributed by atoms with Crippen LogP contribution in [0.4, 0.5) is 0 Å². The van der Waals surface area contributed by atoms with Crippen LogP contribution in [0.15, 0.2) is 42.0 Å². The van der Waals surface area contributed by atoms with E-state index in [9.17, 15) is 14.7 Å². The van der Waals surface area contributed by atoms with E-state index in [1.165, 1.54) is 0 Å². The third-order valence-corrected chi connectivity index (χ3v) is 5.01. The summed E-state index contributed by atoms with van der Waals surface area (Å²) in [5, 5.41) is 21.8. The highest BCUT2D eigenvalue weighted by Crippen LogP contribution is 2.39. The fraction of sp³-hybridized carbons (Fsp3) is 0.263. The second-order valence-electron chi connectivity index (χ2n) is 6.58. The molecule has 8 heteroatoms. The maximum Gasteiger partial charge on any atom is 0.334 e. The Morgan fingerprint density at radius 1 is 1.19 bits per heavy atom. The zero-order chi connectivity index (χ0) is 19.2. The van der Waals surface area contributed by atoms with Crippen LogP contribution in [0.1, 0.15) is 12.6 Å². The normalized spacial score (nSPS) is 21.0. The van der Waals surface area contributed by atoms with Crippen LogP contribution in [-0.2, 0) is 21.7 Å². The number of carboxylic acid groups (broad SMARTS) is 2. The predicted octanol–water partition coefficient (Wildman–Crippen LogP) is 1.80. The SMILES string of the molecule is CC1(C(=CC(=O)O)C(=O)O)NCCn2c(-c3ccc4c(c3)OCO4)ccc21. The number of hydrogen-bond acceptors (Lipinski definition) is 5. The van der Waals surface area contributed by atoms with Gasteiger partial charge in [-0.15, -0.1) is 0 Å². The lowest BCUT2D eigenvalue weighted by Crippen LogP contribution is -2.50. The van der Waals surface area contributed by atoms with Crippen LogP contribution in [0, 0.1) is 0 Å². The van der Waals surface area contributed by atoms with Crippen LogP contribution in [0.5, 0.6) is 11.5 Å². The summed E-state index contributed by atoms with van der Waals surface area (Å²) in [6.45, 7) is 3.00. The van der Waals surface area contributed by atoms with Crippen LogP contribution in [0.3, 0.4) is 0 Å². The predicted molar refractivity (Wildman–Crippen MR) is 94.7 cm³/mol. The van der Waals surface area contributed by atoms with Gasteiger partial charge >= 0.3 is 11.9 Å². The maximum absolute atomic E-state index is 11.7. The van der Waals surface area contributed by atoms with Crippen molar-refractivity contribution in [2.24, 2.45) is 0 Å². The minimum Gasteiger partial charge on any atom is -0.478 e. The summed E-state index contributed by atoms with van der Waals surface area (Å²) in [5.74, 6) is -1.22. The molecular formula is C19H18N2O6. The van der Waals surface area contributed by atoms with Gasteiger partial charge in [0.15, 0.2) is 11.5 Å². The van der Waals surface area contributed by atoms with Crippen molar-refractivity contribution in [3.05, 3.63) is 47.7 Å². The minimum absolute atomic E-state index is 0.189. The largest absolute Gasteiger partial charge is 0.478 e. The summed E-state index contributed by atoms with van der Waals surface area (Å²) >= 11 is 0. The topological polar surface area (TPSA) is 110 Å². The number of nitrogens with one attached hydrogen (secondary N) is 1. The van der Waals surface area contributed by atoms with Crippen LogP contribution in [0.2, 0.25) is 0 Å². The first-order valence-electron chi connectivity index (χ1n) is 8.43. The Morgan fingerprint density at radius 2 is 1.96 bits per heavy atom. The van der Waals surface area contributed by atoms with Gasteiger partial charge in [0.2, 0.25) is 6.79 Å². The van der Waals surface area contributed by atoms with E-state index in [-0.39, 0.29) is 12.4 Å². The number of nitrogens with zero attached hydrogens (tertiary/aromatic N) is 1. The first kappa shape index (κ1) is 17.2. The van der Waals surface area contributed by atoms with Crippen molar-refractivity contribution >= 4 is 11.9 Å². The van der Waals surface area contributed by atoms with Crippen molar-refractivity contribution in [1.82, 2.24) is 9.88 Å². The molecule has 0 spiro atoms. The fourth-order valence-electron chi connectivity index (χ4n) is 3.74. The zero-order valence-electron chi connectivity index (χ0n) is 14.6. The molecule has 140 valence electrons. The van der Waals surface area contributed by atoms with Crippen molar-refractivity contribution in [2.45, 2.75) is 19.0 Å². The number of carbonyl (C=O) groups is 2. The molecule has 0 aliphatic carbocycles. The summed E-state index contributed by atoms with van der Waals surface area (Å²) in [5.41, 5.74) is 1.16. The van der Waals surface area contributed by atoms with Crippen molar-refractivity contribution < 1.29 is 29.3 Å². The molecule has 8 nitrogen and oxygen atoms in total. The molecule has 1 aromatic heterocycles. The molecule has 0 saturated carbocycles. The Labute approximate surface area is 154 Å². The van der Waals surface area contributed by atoms with Gasteiger partial charge < -0.3 is 29.6 Å². The van der Waals surface area contributed by atoms with Crippen molar-refractivity contribution in [3.63, 3.8) is 0 Å². The summed E-state index contributed by atoms with van der Waals surface area (Å²) < 4.78 is 12.8. The van der Waals surface area contributed by atoms with Crippen LogP contribution in [0.25, 0.3) is 11.3 Å². The maximum atomic E-state index is 11.7. The summed E-state index contributed by atoms with van der Waals surface area (Å²) in [6, 6.07) is 9.37. The van der Waals surface area contributed by atoms with Gasteiger partial charge in [0.1, 0.15) is 0 Å². The van der Waals surface area contributed by atoms with Crippen LogP contribution >= 0.6 is 0 Å². The monoisotopic (exact) mass is 370 g/mol. The van der Waals surface area contributed by atoms with E-state index < -0.39 is 17.5 Å². The molecule has 0 bridgehead atoms. The van der Waals surface area contributed by atoms with Gasteiger partial charge in [0.25, 0.3) is 0 Å². The first-order chi connectivity index (χ1) is 12.9. The van der Waals surface area contributed by atoms with Gasteiger partial charge in [-0.05, 0) is 37.3 Å². The summed E-state index contributed by atoms with van der Waals surface area (Å²) in [4.78, 5) is 22.9. The molecule has 3 heterocycles. The average Bonchev–Trinajstić information content (AvgIpc) is 3.26. The van der Waals surface area contributed by atoms with E-state index in [2.05, 4.69) is 5.32 Å². The lowest BCUT2D eigenvalue weighted by atomic mass is 9.86. The molecule has 0 saturated heterocycles. The van der Waals surface area contributed by atoms with Gasteiger partial charge in [-0.3, -0.25) is 0 Å². The molecule has 4 rings (SSSR count). The summed E-state index contributed by atoms with van der Waals surface area (Å²) in [7, 11) is 0. The molecule has 0 fully saturated rings. The highest BCUT2D eigenvalue weighted by atomic mass is 16.7. The van der Waals surface area contributed by atoms with Crippen molar-refractivity contribution in [3.8, 4) is 22.8 Å². The molecule has 1 aromatic carbocycles. The highest BCUT2D eigenvalue weighted by Gasteiger charge is 2.40. The fourth-order valence-corrected chi connectivity index (χ4v) is 3.74. The lowest BCUT2D eigenvalue weighted by Gasteiger charge is -2.37. The molecule has 0 amide bonds. The number of benzene rings is 1. The minimum atomic E-state index is -1.30. The molecule has 27 heavy (non-hydrogen) atoms. The van der Waals surface area contributed by atoms with E-state index in [0.717, 1.165) is 17.3 Å². The lowest BCUT2D eigenvalue weighted by molar-refractivity contribution is -0.136. The highest BCUT2D eigenvalue weighted by molar-refractivity contribution is 5.96. The Balaban J connectivity index is 1.82. The van der Waals surface area contributed by atoms with Crippen LogP contribution < -0.4 is 14.8 Å².